The molecule has 0 atom stereocenters. The van der Waals surface area contributed by atoms with Gasteiger partial charge in [-0.25, -0.2) is 0 Å². The molecule has 3 heteroatoms. The molecule has 0 saturated heterocycles. The molecule has 0 aliphatic rings. The van der Waals surface area contributed by atoms with E-state index in [1.54, 1.807) is 13.2 Å². The van der Waals surface area contributed by atoms with Crippen LogP contribution in [0.3, 0.4) is 0 Å². The molecule has 0 spiro atoms. The molecule has 0 saturated carbocycles. The minimum atomic E-state index is -0.0791. The van der Waals surface area contributed by atoms with Crippen molar-refractivity contribution in [3.63, 3.8) is 0 Å². The zero-order chi connectivity index (χ0) is 12.7. The molecule has 1 rings (SSSR count). The van der Waals surface area contributed by atoms with Crippen molar-refractivity contribution in [1.82, 2.24) is 5.32 Å². The van der Waals surface area contributed by atoms with Crippen LogP contribution in [-0.2, 0) is 4.79 Å². The molecule has 0 heterocycles. The van der Waals surface area contributed by atoms with Gasteiger partial charge in [-0.2, -0.15) is 0 Å². The van der Waals surface area contributed by atoms with Gasteiger partial charge in [-0.05, 0) is 18.1 Å². The minimum Gasteiger partial charge on any atom is -0.496 e. The molecule has 3 nitrogen and oxygen atoms in total. The van der Waals surface area contributed by atoms with Gasteiger partial charge < -0.3 is 10.1 Å². The summed E-state index contributed by atoms with van der Waals surface area (Å²) in [5, 5.41) is 2.82. The molecule has 1 amide bonds. The summed E-state index contributed by atoms with van der Waals surface area (Å²) >= 11 is 0. The molecule has 0 aliphatic heterocycles. The van der Waals surface area contributed by atoms with E-state index in [1.165, 1.54) is 6.08 Å². The highest BCUT2D eigenvalue weighted by Gasteiger charge is 2.00. The number of hydrogen-bond donors (Lipinski definition) is 1. The second kappa shape index (κ2) is 6.74. The zero-order valence-corrected chi connectivity index (χ0v) is 10.6. The highest BCUT2D eigenvalue weighted by Crippen LogP contribution is 2.18. The van der Waals surface area contributed by atoms with E-state index in [-0.39, 0.29) is 5.91 Å². The maximum atomic E-state index is 11.5. The summed E-state index contributed by atoms with van der Waals surface area (Å²) in [6.07, 6.45) is 3.29. The molecule has 0 bridgehead atoms. The van der Waals surface area contributed by atoms with Gasteiger partial charge in [0.25, 0.3) is 0 Å². The largest absolute Gasteiger partial charge is 0.496 e. The molecule has 0 unspecified atom stereocenters. The van der Waals surface area contributed by atoms with E-state index in [0.717, 1.165) is 11.3 Å². The molecule has 1 N–H and O–H groups in total. The number of para-hydroxylation sites is 1. The van der Waals surface area contributed by atoms with Gasteiger partial charge in [-0.1, -0.05) is 32.0 Å². The van der Waals surface area contributed by atoms with Crippen LogP contribution in [-0.4, -0.2) is 19.6 Å². The number of benzene rings is 1. The van der Waals surface area contributed by atoms with E-state index >= 15 is 0 Å². The Hall–Kier alpha value is -1.77. The van der Waals surface area contributed by atoms with E-state index in [4.69, 9.17) is 4.74 Å². The number of amides is 1. The van der Waals surface area contributed by atoms with Crippen LogP contribution in [0.4, 0.5) is 0 Å². The Morgan fingerprint density at radius 1 is 1.41 bits per heavy atom. The summed E-state index contributed by atoms with van der Waals surface area (Å²) in [7, 11) is 1.62. The monoisotopic (exact) mass is 233 g/mol. The lowest BCUT2D eigenvalue weighted by molar-refractivity contribution is -0.116. The van der Waals surface area contributed by atoms with Crippen LogP contribution in [0.2, 0.25) is 0 Å². The summed E-state index contributed by atoms with van der Waals surface area (Å²) in [6, 6.07) is 7.58. The maximum absolute atomic E-state index is 11.5. The fraction of sp³-hybridized carbons (Fsp3) is 0.357. The molecule has 0 radical (unpaired) electrons. The number of carbonyl (C=O) groups is 1. The Morgan fingerprint density at radius 2 is 2.12 bits per heavy atom. The van der Waals surface area contributed by atoms with Crippen molar-refractivity contribution in [3.05, 3.63) is 35.9 Å². The number of nitrogens with one attached hydrogen (secondary N) is 1. The lowest BCUT2D eigenvalue weighted by Gasteiger charge is -2.05. The van der Waals surface area contributed by atoms with Crippen molar-refractivity contribution < 1.29 is 9.53 Å². The Morgan fingerprint density at radius 3 is 2.76 bits per heavy atom. The Labute approximate surface area is 102 Å². The quantitative estimate of drug-likeness (QED) is 0.793. The van der Waals surface area contributed by atoms with Crippen molar-refractivity contribution in [3.8, 4) is 5.75 Å². The Balaban J connectivity index is 2.60. The molecule has 0 aliphatic carbocycles. The van der Waals surface area contributed by atoms with Crippen molar-refractivity contribution in [2.24, 2.45) is 5.92 Å². The van der Waals surface area contributed by atoms with Crippen LogP contribution in [0.25, 0.3) is 6.08 Å². The van der Waals surface area contributed by atoms with Crippen molar-refractivity contribution >= 4 is 12.0 Å². The first-order chi connectivity index (χ1) is 8.13. The number of carbonyl (C=O) groups excluding carboxylic acids is 1. The minimum absolute atomic E-state index is 0.0791. The lowest BCUT2D eigenvalue weighted by Crippen LogP contribution is -2.25. The predicted octanol–water partition coefficient (Wildman–Crippen LogP) is 2.48. The van der Waals surface area contributed by atoms with E-state index in [1.807, 2.05) is 24.3 Å². The summed E-state index contributed by atoms with van der Waals surface area (Å²) in [4.78, 5) is 11.5. The molecular formula is C14H19NO2. The topological polar surface area (TPSA) is 38.3 Å². The average molecular weight is 233 g/mol. The van der Waals surface area contributed by atoms with E-state index in [9.17, 15) is 4.79 Å². The van der Waals surface area contributed by atoms with Crippen LogP contribution >= 0.6 is 0 Å². The summed E-state index contributed by atoms with van der Waals surface area (Å²) < 4.78 is 5.19. The first-order valence-electron chi connectivity index (χ1n) is 5.72. The summed E-state index contributed by atoms with van der Waals surface area (Å²) in [6.45, 7) is 4.81. The summed E-state index contributed by atoms with van der Waals surface area (Å²) in [5.74, 6) is 1.14. The normalized spacial score (nSPS) is 10.8. The van der Waals surface area contributed by atoms with Crippen LogP contribution in [0, 0.1) is 5.92 Å². The summed E-state index contributed by atoms with van der Waals surface area (Å²) in [5.41, 5.74) is 0.898. The molecule has 0 fully saturated rings. The van der Waals surface area contributed by atoms with Gasteiger partial charge in [0.05, 0.1) is 7.11 Å². The number of hydrogen-bond acceptors (Lipinski definition) is 2. The van der Waals surface area contributed by atoms with Crippen molar-refractivity contribution in [2.75, 3.05) is 13.7 Å². The van der Waals surface area contributed by atoms with E-state index < -0.39 is 0 Å². The SMILES string of the molecule is COc1ccccc1C=CC(=O)NCC(C)C. The van der Waals surface area contributed by atoms with Crippen LogP contribution in [0.1, 0.15) is 19.4 Å². The second-order valence-corrected chi connectivity index (χ2v) is 4.21. The molecular weight excluding hydrogens is 214 g/mol. The Bertz CT molecular complexity index is 397. The van der Waals surface area contributed by atoms with Gasteiger partial charge in [0.1, 0.15) is 5.75 Å². The third kappa shape index (κ3) is 4.72. The first-order valence-corrected chi connectivity index (χ1v) is 5.72. The van der Waals surface area contributed by atoms with E-state index in [2.05, 4.69) is 19.2 Å². The van der Waals surface area contributed by atoms with Gasteiger partial charge in [-0.3, -0.25) is 4.79 Å². The maximum Gasteiger partial charge on any atom is 0.244 e. The van der Waals surface area contributed by atoms with Crippen LogP contribution in [0.5, 0.6) is 5.75 Å². The predicted molar refractivity (Wildman–Crippen MR) is 69.9 cm³/mol. The molecule has 92 valence electrons. The van der Waals surface area contributed by atoms with Gasteiger partial charge in [0, 0.05) is 18.2 Å². The highest BCUT2D eigenvalue weighted by molar-refractivity contribution is 5.92. The van der Waals surface area contributed by atoms with Gasteiger partial charge in [0.2, 0.25) is 5.91 Å². The Kier molecular flexibility index (Phi) is 5.27. The molecule has 17 heavy (non-hydrogen) atoms. The van der Waals surface area contributed by atoms with Gasteiger partial charge in [-0.15, -0.1) is 0 Å². The van der Waals surface area contributed by atoms with Gasteiger partial charge in [0.15, 0.2) is 0 Å². The fourth-order valence-corrected chi connectivity index (χ4v) is 1.33. The molecule has 0 aromatic heterocycles. The second-order valence-electron chi connectivity index (χ2n) is 4.21. The number of methoxy groups -OCH3 is 1. The van der Waals surface area contributed by atoms with E-state index in [0.29, 0.717) is 12.5 Å². The fourth-order valence-electron chi connectivity index (χ4n) is 1.33. The standard InChI is InChI=1S/C14H19NO2/c1-11(2)10-15-14(16)9-8-12-6-4-5-7-13(12)17-3/h4-9,11H,10H2,1-3H3,(H,15,16). The molecule has 1 aromatic rings. The smallest absolute Gasteiger partial charge is 0.244 e. The third-order valence-corrected chi connectivity index (χ3v) is 2.24. The van der Waals surface area contributed by atoms with Crippen LogP contribution in [0.15, 0.2) is 30.3 Å². The lowest BCUT2D eigenvalue weighted by atomic mass is 10.2. The number of rotatable bonds is 5. The van der Waals surface area contributed by atoms with Crippen molar-refractivity contribution in [1.29, 1.82) is 0 Å². The van der Waals surface area contributed by atoms with Crippen molar-refractivity contribution in [2.45, 2.75) is 13.8 Å². The average Bonchev–Trinajstić information content (AvgIpc) is 2.34. The van der Waals surface area contributed by atoms with Gasteiger partial charge >= 0.3 is 0 Å². The highest BCUT2D eigenvalue weighted by atomic mass is 16.5. The zero-order valence-electron chi connectivity index (χ0n) is 10.6. The first kappa shape index (κ1) is 13.3. The third-order valence-electron chi connectivity index (χ3n) is 2.24. The molecule has 1 aromatic carbocycles. The number of ether oxygens (including phenoxy) is 1. The van der Waals surface area contributed by atoms with Crippen LogP contribution < -0.4 is 10.1 Å².